The Morgan fingerprint density at radius 3 is 2.40 bits per heavy atom. The van der Waals surface area contributed by atoms with Crippen LogP contribution in [-0.4, -0.2) is 94.0 Å². The molecule has 0 aliphatic carbocycles. The first-order valence-electron chi connectivity index (χ1n) is 15.7. The van der Waals surface area contributed by atoms with Gasteiger partial charge in [0, 0.05) is 37.6 Å². The zero-order valence-electron chi connectivity index (χ0n) is 27.5. The first-order valence-corrected chi connectivity index (χ1v) is 18.1. The summed E-state index contributed by atoms with van der Waals surface area (Å²) in [6.07, 6.45) is -1.10. The van der Waals surface area contributed by atoms with Gasteiger partial charge in [-0.3, -0.25) is 4.79 Å². The predicted molar refractivity (Wildman–Crippen MR) is 182 cm³/mol. The third-order valence-corrected chi connectivity index (χ3v) is 10.7. The molecule has 12 nitrogen and oxygen atoms in total. The highest BCUT2D eigenvalue weighted by atomic mass is 32.2. The first-order chi connectivity index (χ1) is 22.2. The molecule has 1 saturated heterocycles. The van der Waals surface area contributed by atoms with Crippen molar-refractivity contribution in [3.63, 3.8) is 0 Å². The number of nitrogens with zero attached hydrogens (tertiary/aromatic N) is 4. The van der Waals surface area contributed by atoms with Crippen molar-refractivity contribution in [2.75, 3.05) is 31.9 Å². The first kappa shape index (κ1) is 36.1. The van der Waals surface area contributed by atoms with E-state index in [0.29, 0.717) is 19.6 Å². The van der Waals surface area contributed by atoms with Gasteiger partial charge in [0.25, 0.3) is 0 Å². The van der Waals surface area contributed by atoms with Crippen molar-refractivity contribution in [1.82, 2.24) is 24.4 Å². The van der Waals surface area contributed by atoms with Gasteiger partial charge in [-0.2, -0.15) is 4.31 Å². The number of anilines is 1. The number of urea groups is 1. The summed E-state index contributed by atoms with van der Waals surface area (Å²) in [6, 6.07) is 11.1. The van der Waals surface area contributed by atoms with Crippen LogP contribution in [0.4, 0.5) is 10.5 Å². The van der Waals surface area contributed by atoms with E-state index in [1.54, 1.807) is 9.80 Å². The van der Waals surface area contributed by atoms with Gasteiger partial charge in [0.15, 0.2) is 0 Å². The number of phenols is 1. The number of nitrogens with one attached hydrogen (secondary N) is 1. The summed E-state index contributed by atoms with van der Waals surface area (Å²) < 4.78 is 28.7. The SMILES string of the molecule is Cc1nc(CN2CCN(C(C(=O)N[C@@H](Cc3ccccc3)[C@H](O)CN(CC(C)C)S(=O)(=O)c3ccc(N)c(O)c3)C(C)C)C2=O)cs1. The van der Waals surface area contributed by atoms with Crippen LogP contribution in [0.3, 0.4) is 0 Å². The van der Waals surface area contributed by atoms with Gasteiger partial charge in [0.1, 0.15) is 11.8 Å². The smallest absolute Gasteiger partial charge is 0.321 e. The van der Waals surface area contributed by atoms with Crippen LogP contribution in [-0.2, 0) is 27.8 Å². The standard InChI is InChI=1S/C33H46N6O6S2/c1-21(2)17-38(47(44,45)26-11-12-27(34)29(40)16-26)19-30(41)28(15-24-9-7-6-8-10-24)36-32(42)31(22(3)4)39-14-13-37(33(39)43)18-25-20-46-23(5)35-25/h6-12,16,20-22,28,30-31,40-41H,13-15,17-19,34H2,1-5H3,(H,36,42)/t28-,30+,31?/m0/s1. The van der Waals surface area contributed by atoms with E-state index in [1.165, 1.54) is 27.8 Å². The van der Waals surface area contributed by atoms with Gasteiger partial charge in [0.05, 0.1) is 40.0 Å². The summed E-state index contributed by atoms with van der Waals surface area (Å²) >= 11 is 1.52. The molecule has 256 valence electrons. The number of aromatic hydroxyl groups is 1. The molecule has 0 saturated carbocycles. The van der Waals surface area contributed by atoms with Crippen LogP contribution in [0.25, 0.3) is 0 Å². The van der Waals surface area contributed by atoms with Gasteiger partial charge in [0.2, 0.25) is 15.9 Å². The Morgan fingerprint density at radius 1 is 1.11 bits per heavy atom. The van der Waals surface area contributed by atoms with Crippen molar-refractivity contribution in [3.05, 3.63) is 70.2 Å². The lowest BCUT2D eigenvalue weighted by Gasteiger charge is -2.34. The molecule has 47 heavy (non-hydrogen) atoms. The van der Waals surface area contributed by atoms with Gasteiger partial charge >= 0.3 is 6.03 Å². The van der Waals surface area contributed by atoms with Gasteiger partial charge < -0.3 is 31.1 Å². The summed E-state index contributed by atoms with van der Waals surface area (Å²) in [5.74, 6) is -1.13. The topological polar surface area (TPSA) is 169 Å². The van der Waals surface area contributed by atoms with Crippen LogP contribution in [0.15, 0.2) is 58.8 Å². The summed E-state index contributed by atoms with van der Waals surface area (Å²) in [5.41, 5.74) is 7.38. The third-order valence-electron chi connectivity index (χ3n) is 8.07. The van der Waals surface area contributed by atoms with Crippen molar-refractivity contribution < 1.29 is 28.2 Å². The number of thiazole rings is 1. The molecular weight excluding hydrogens is 641 g/mol. The van der Waals surface area contributed by atoms with Gasteiger partial charge in [-0.1, -0.05) is 58.0 Å². The number of hydrogen-bond acceptors (Lipinski definition) is 9. The van der Waals surface area contributed by atoms with Crippen LogP contribution in [0, 0.1) is 18.8 Å². The minimum Gasteiger partial charge on any atom is -0.506 e. The van der Waals surface area contributed by atoms with Crippen LogP contribution in [0.2, 0.25) is 0 Å². The minimum absolute atomic E-state index is 0.0440. The Bertz CT molecular complexity index is 1630. The molecule has 1 aliphatic heterocycles. The maximum Gasteiger partial charge on any atom is 0.321 e. The van der Waals surface area contributed by atoms with Crippen molar-refractivity contribution in [2.24, 2.45) is 11.8 Å². The number of carbonyl (C=O) groups is 2. The van der Waals surface area contributed by atoms with E-state index >= 15 is 0 Å². The highest BCUT2D eigenvalue weighted by Gasteiger charge is 2.40. The third kappa shape index (κ3) is 9.01. The Kier molecular flexibility index (Phi) is 11.9. The summed E-state index contributed by atoms with van der Waals surface area (Å²) in [4.78, 5) is 35.1. The Morgan fingerprint density at radius 2 is 1.81 bits per heavy atom. The van der Waals surface area contributed by atoms with Crippen LogP contribution < -0.4 is 11.1 Å². The monoisotopic (exact) mass is 686 g/mol. The number of aliphatic hydroxyl groups is 1. The quantitative estimate of drug-likeness (QED) is 0.139. The highest BCUT2D eigenvalue weighted by molar-refractivity contribution is 7.89. The van der Waals surface area contributed by atoms with Gasteiger partial charge in [-0.05, 0) is 42.9 Å². The number of nitrogen functional groups attached to an aromatic ring is 1. The average Bonchev–Trinajstić information content (AvgIpc) is 3.58. The van der Waals surface area contributed by atoms with E-state index in [1.807, 2.05) is 70.3 Å². The second kappa shape index (κ2) is 15.5. The number of hydrogen-bond donors (Lipinski definition) is 4. The fourth-order valence-electron chi connectivity index (χ4n) is 5.75. The maximum atomic E-state index is 14.0. The second-order valence-electron chi connectivity index (χ2n) is 12.8. The molecule has 0 radical (unpaired) electrons. The summed E-state index contributed by atoms with van der Waals surface area (Å²) in [7, 11) is -4.16. The number of aliphatic hydroxyl groups excluding tert-OH is 1. The van der Waals surface area contributed by atoms with Crippen molar-refractivity contribution >= 4 is 39.0 Å². The molecule has 2 aromatic carbocycles. The number of sulfonamides is 1. The molecule has 1 aromatic heterocycles. The maximum absolute atomic E-state index is 14.0. The number of aryl methyl sites for hydroxylation is 1. The number of rotatable bonds is 15. The molecule has 1 unspecified atom stereocenters. The number of amides is 3. The van der Waals surface area contributed by atoms with Crippen molar-refractivity contribution in [1.29, 1.82) is 0 Å². The molecule has 5 N–H and O–H groups in total. The number of benzene rings is 2. The van der Waals surface area contributed by atoms with Gasteiger partial charge in [-0.25, -0.2) is 18.2 Å². The Balaban J connectivity index is 1.58. The van der Waals surface area contributed by atoms with Crippen molar-refractivity contribution in [3.8, 4) is 5.75 Å². The number of carbonyl (C=O) groups excluding carboxylic acids is 2. The van der Waals surface area contributed by atoms with Crippen LogP contribution in [0.1, 0.15) is 44.0 Å². The van der Waals surface area contributed by atoms with Gasteiger partial charge in [-0.15, -0.1) is 11.3 Å². The predicted octanol–water partition coefficient (Wildman–Crippen LogP) is 3.44. The van der Waals surface area contributed by atoms with E-state index in [2.05, 4.69) is 10.3 Å². The molecule has 3 amide bonds. The molecule has 0 spiro atoms. The van der Waals surface area contributed by atoms with Crippen LogP contribution in [0.5, 0.6) is 5.75 Å². The number of nitrogens with two attached hydrogens (primary N) is 1. The molecule has 0 bridgehead atoms. The lowest BCUT2D eigenvalue weighted by atomic mass is 9.97. The molecule has 3 aromatic rings. The largest absolute Gasteiger partial charge is 0.506 e. The minimum atomic E-state index is -4.16. The van der Waals surface area contributed by atoms with E-state index in [4.69, 9.17) is 5.73 Å². The molecule has 1 aliphatic rings. The fraction of sp³-hybridized carbons (Fsp3) is 0.485. The molecule has 1 fully saturated rings. The second-order valence-corrected chi connectivity index (χ2v) is 15.8. The molecule has 4 rings (SSSR count). The lowest BCUT2D eigenvalue weighted by Crippen LogP contribution is -2.57. The number of phenolic OH excluding ortho intramolecular Hbond substituents is 1. The summed E-state index contributed by atoms with van der Waals surface area (Å²) in [5, 5.41) is 27.6. The zero-order valence-corrected chi connectivity index (χ0v) is 29.2. The Hall–Kier alpha value is -3.72. The average molecular weight is 687 g/mol. The lowest BCUT2D eigenvalue weighted by molar-refractivity contribution is -0.128. The molecular formula is C33H46N6O6S2. The summed E-state index contributed by atoms with van der Waals surface area (Å²) in [6.45, 7) is 10.3. The van der Waals surface area contributed by atoms with E-state index in [0.717, 1.165) is 22.3 Å². The number of aromatic nitrogens is 1. The molecule has 14 heteroatoms. The van der Waals surface area contributed by atoms with Crippen LogP contribution >= 0.6 is 11.3 Å². The fourth-order valence-corrected chi connectivity index (χ4v) is 8.00. The van der Waals surface area contributed by atoms with E-state index < -0.39 is 34.1 Å². The molecule has 3 atom stereocenters. The normalized spacial score (nSPS) is 15.9. The highest BCUT2D eigenvalue weighted by Crippen LogP contribution is 2.27. The zero-order chi connectivity index (χ0) is 34.5. The van der Waals surface area contributed by atoms with E-state index in [9.17, 15) is 28.2 Å². The molecule has 2 heterocycles. The van der Waals surface area contributed by atoms with Crippen molar-refractivity contribution in [2.45, 2.75) is 70.7 Å². The van der Waals surface area contributed by atoms with E-state index in [-0.39, 0.29) is 53.7 Å². The Labute approximate surface area is 281 Å².